The molecule has 0 aliphatic rings. The van der Waals surface area contributed by atoms with Gasteiger partial charge < -0.3 is 0 Å². The number of benzene rings is 1. The summed E-state index contributed by atoms with van der Waals surface area (Å²) in [5.41, 5.74) is 4.56. The van der Waals surface area contributed by atoms with Crippen molar-refractivity contribution in [2.75, 3.05) is 10.7 Å². The molecular weight excluding hydrogens is 466 g/mol. The molecule has 5 heteroatoms. The highest BCUT2D eigenvalue weighted by Gasteiger charge is 2.31. The van der Waals surface area contributed by atoms with E-state index in [0.29, 0.717) is 0 Å². The number of thiazole rings is 1. The lowest BCUT2D eigenvalue weighted by Gasteiger charge is -2.31. The Bertz CT molecular complexity index is 564. The first-order chi connectivity index (χ1) is 9.63. The van der Waals surface area contributed by atoms with E-state index in [1.807, 2.05) is 5.51 Å². The number of rotatable bonds is 6. The predicted octanol–water partition coefficient (Wildman–Crippen LogP) is 5.87. The zero-order valence-electron chi connectivity index (χ0n) is 11.2. The first kappa shape index (κ1) is 16.7. The van der Waals surface area contributed by atoms with Crippen molar-refractivity contribution in [2.24, 2.45) is 0 Å². The Morgan fingerprint density at radius 3 is 2.45 bits per heavy atom. The summed E-state index contributed by atoms with van der Waals surface area (Å²) in [5.74, 6) is 0. The Morgan fingerprint density at radius 2 is 1.90 bits per heavy atom. The number of hydrogen-bond donors (Lipinski definition) is 0. The van der Waals surface area contributed by atoms with Gasteiger partial charge in [0, 0.05) is 25.4 Å². The molecule has 0 spiro atoms. The van der Waals surface area contributed by atoms with Crippen LogP contribution in [0.15, 0.2) is 34.2 Å². The van der Waals surface area contributed by atoms with Crippen molar-refractivity contribution in [3.05, 3.63) is 50.4 Å². The minimum Gasteiger partial charge on any atom is -0.250 e. The maximum atomic E-state index is 4.35. The largest absolute Gasteiger partial charge is 0.250 e. The van der Waals surface area contributed by atoms with Crippen molar-refractivity contribution in [1.29, 1.82) is 0 Å². The average molecular weight is 482 g/mol. The van der Waals surface area contributed by atoms with E-state index in [0.717, 1.165) is 23.5 Å². The maximum absolute atomic E-state index is 4.35. The third-order valence-electron chi connectivity index (χ3n) is 3.63. The van der Waals surface area contributed by atoms with E-state index in [1.54, 1.807) is 11.3 Å². The fraction of sp³-hybridized carbons (Fsp3) is 0.400. The van der Waals surface area contributed by atoms with Crippen molar-refractivity contribution >= 4 is 59.1 Å². The van der Waals surface area contributed by atoms with Gasteiger partial charge in [-0.2, -0.15) is 0 Å². The van der Waals surface area contributed by atoms with Gasteiger partial charge in [-0.15, -0.1) is 11.3 Å². The summed E-state index contributed by atoms with van der Waals surface area (Å²) in [5, 5.41) is 1.87. The van der Waals surface area contributed by atoms with Crippen molar-refractivity contribution in [2.45, 2.75) is 25.2 Å². The van der Waals surface area contributed by atoms with Crippen LogP contribution in [-0.2, 0) is 11.8 Å². The Hall–Kier alpha value is 0.290. The topological polar surface area (TPSA) is 12.9 Å². The lowest BCUT2D eigenvalue weighted by molar-refractivity contribution is 0.504. The summed E-state index contributed by atoms with van der Waals surface area (Å²) in [7, 11) is 0. The van der Waals surface area contributed by atoms with Gasteiger partial charge in [-0.1, -0.05) is 66.0 Å². The van der Waals surface area contributed by atoms with Crippen LogP contribution in [0.3, 0.4) is 0 Å². The fourth-order valence-corrected chi connectivity index (χ4v) is 5.84. The number of hydrogen-bond acceptors (Lipinski definition) is 2. The molecule has 0 aliphatic heterocycles. The zero-order valence-corrected chi connectivity index (χ0v) is 16.8. The van der Waals surface area contributed by atoms with Crippen molar-refractivity contribution < 1.29 is 0 Å². The highest BCUT2D eigenvalue weighted by atomic mass is 79.9. The van der Waals surface area contributed by atoms with E-state index in [9.17, 15) is 0 Å². The number of aromatic nitrogens is 1. The fourth-order valence-electron chi connectivity index (χ4n) is 2.26. The summed E-state index contributed by atoms with van der Waals surface area (Å²) in [4.78, 5) is 5.74. The lowest BCUT2D eigenvalue weighted by atomic mass is 9.80. The van der Waals surface area contributed by atoms with E-state index < -0.39 is 0 Å². The molecule has 1 aromatic heterocycles. The van der Waals surface area contributed by atoms with Gasteiger partial charge in [0.05, 0.1) is 11.2 Å². The van der Waals surface area contributed by atoms with Gasteiger partial charge in [-0.3, -0.25) is 0 Å². The van der Waals surface area contributed by atoms with E-state index >= 15 is 0 Å². The highest BCUT2D eigenvalue weighted by Crippen LogP contribution is 2.38. The predicted molar refractivity (Wildman–Crippen MR) is 98.6 cm³/mol. The SMILES string of the molecule is Cc1ncsc1CCC(CBr)(CBr)c1ccccc1Br. The van der Waals surface area contributed by atoms with Gasteiger partial charge in [-0.05, 0) is 31.4 Å². The van der Waals surface area contributed by atoms with Crippen LogP contribution in [0.2, 0.25) is 0 Å². The summed E-state index contributed by atoms with van der Waals surface area (Å²) in [6.45, 7) is 2.09. The van der Waals surface area contributed by atoms with Crippen molar-refractivity contribution in [1.82, 2.24) is 4.98 Å². The molecule has 1 aromatic carbocycles. The van der Waals surface area contributed by atoms with E-state index in [-0.39, 0.29) is 5.41 Å². The molecule has 1 heterocycles. The average Bonchev–Trinajstić information content (AvgIpc) is 2.87. The molecule has 0 atom stereocenters. The summed E-state index contributed by atoms with van der Waals surface area (Å²) >= 11 is 12.9. The Balaban J connectivity index is 2.26. The van der Waals surface area contributed by atoms with E-state index in [2.05, 4.69) is 84.0 Å². The van der Waals surface area contributed by atoms with Gasteiger partial charge in [0.2, 0.25) is 0 Å². The maximum Gasteiger partial charge on any atom is 0.0797 e. The van der Waals surface area contributed by atoms with Crippen LogP contribution in [0, 0.1) is 6.92 Å². The molecule has 0 bridgehead atoms. The quantitative estimate of drug-likeness (QED) is 0.470. The van der Waals surface area contributed by atoms with Gasteiger partial charge >= 0.3 is 0 Å². The molecule has 0 aliphatic carbocycles. The number of aryl methyl sites for hydroxylation is 2. The number of halogens is 3. The molecule has 20 heavy (non-hydrogen) atoms. The Kier molecular flexibility index (Phi) is 6.26. The first-order valence-electron chi connectivity index (χ1n) is 6.39. The van der Waals surface area contributed by atoms with Crippen LogP contribution in [0.25, 0.3) is 0 Å². The molecule has 0 saturated heterocycles. The first-order valence-corrected chi connectivity index (χ1v) is 10.3. The highest BCUT2D eigenvalue weighted by molar-refractivity contribution is 9.10. The second-order valence-corrected chi connectivity index (χ2v) is 7.80. The molecule has 1 nitrogen and oxygen atoms in total. The minimum absolute atomic E-state index is 0.0938. The van der Waals surface area contributed by atoms with E-state index in [1.165, 1.54) is 20.6 Å². The zero-order chi connectivity index (χ0) is 14.6. The third kappa shape index (κ3) is 3.54. The molecule has 0 amide bonds. The molecule has 0 N–H and O–H groups in total. The Morgan fingerprint density at radius 1 is 1.20 bits per heavy atom. The van der Waals surface area contributed by atoms with Crippen molar-refractivity contribution in [3.63, 3.8) is 0 Å². The molecule has 2 rings (SSSR count). The lowest BCUT2D eigenvalue weighted by Crippen LogP contribution is -2.31. The smallest absolute Gasteiger partial charge is 0.0797 e. The van der Waals surface area contributed by atoms with Crippen LogP contribution in [0.4, 0.5) is 0 Å². The van der Waals surface area contributed by atoms with Crippen LogP contribution >= 0.6 is 59.1 Å². The van der Waals surface area contributed by atoms with Gasteiger partial charge in [-0.25, -0.2) is 4.98 Å². The molecule has 0 saturated carbocycles. The molecule has 0 radical (unpaired) electrons. The molecule has 108 valence electrons. The van der Waals surface area contributed by atoms with Gasteiger partial charge in [0.1, 0.15) is 0 Å². The van der Waals surface area contributed by atoms with Crippen molar-refractivity contribution in [3.8, 4) is 0 Å². The second kappa shape index (κ2) is 7.52. The standard InChI is InChI=1S/C15H16Br3NS/c1-11-14(20-10-19-11)6-7-15(8-16,9-17)12-4-2-3-5-13(12)18/h2-5,10H,6-9H2,1H3. The minimum atomic E-state index is 0.0938. The second-order valence-electron chi connectivity index (χ2n) is 4.89. The Labute approximate surface area is 149 Å². The van der Waals surface area contributed by atoms with Crippen LogP contribution in [0.1, 0.15) is 22.6 Å². The van der Waals surface area contributed by atoms with E-state index in [4.69, 9.17) is 0 Å². The molecular formula is C15H16Br3NS. The molecule has 2 aromatic rings. The molecule has 0 unspecified atom stereocenters. The molecule has 0 fully saturated rings. The summed E-state index contributed by atoms with van der Waals surface area (Å²) in [6, 6.07) is 8.51. The van der Waals surface area contributed by atoms with Crippen LogP contribution in [0.5, 0.6) is 0 Å². The van der Waals surface area contributed by atoms with Crippen LogP contribution < -0.4 is 0 Å². The van der Waals surface area contributed by atoms with Gasteiger partial charge in [0.15, 0.2) is 0 Å². The normalized spacial score (nSPS) is 11.8. The third-order valence-corrected chi connectivity index (χ3v) is 7.47. The van der Waals surface area contributed by atoms with Crippen LogP contribution in [-0.4, -0.2) is 15.6 Å². The number of nitrogens with zero attached hydrogens (tertiary/aromatic N) is 1. The van der Waals surface area contributed by atoms with Gasteiger partial charge in [0.25, 0.3) is 0 Å². The monoisotopic (exact) mass is 479 g/mol. The summed E-state index contributed by atoms with van der Waals surface area (Å²) in [6.07, 6.45) is 2.16. The summed E-state index contributed by atoms with van der Waals surface area (Å²) < 4.78 is 1.18. The number of alkyl halides is 2.